The van der Waals surface area contributed by atoms with E-state index in [9.17, 15) is 14.4 Å². The zero-order valence-electron chi connectivity index (χ0n) is 15.0. The Kier molecular flexibility index (Phi) is 6.38. The highest BCUT2D eigenvalue weighted by Crippen LogP contribution is 2.17. The first kappa shape index (κ1) is 18.8. The maximum atomic E-state index is 12.3. The van der Waals surface area contributed by atoms with E-state index in [1.54, 1.807) is 17.0 Å². The van der Waals surface area contributed by atoms with Crippen LogP contribution in [-0.2, 0) is 16.1 Å². The highest BCUT2D eigenvalue weighted by atomic mass is 16.2. The summed E-state index contributed by atoms with van der Waals surface area (Å²) in [6, 6.07) is 6.74. The van der Waals surface area contributed by atoms with Crippen LogP contribution in [0.3, 0.4) is 0 Å². The number of likely N-dealkylation sites (tertiary alicyclic amines) is 1. The van der Waals surface area contributed by atoms with E-state index in [4.69, 9.17) is 0 Å². The molecule has 0 aliphatic carbocycles. The van der Waals surface area contributed by atoms with Crippen LogP contribution >= 0.6 is 0 Å². The zero-order chi connectivity index (χ0) is 18.4. The van der Waals surface area contributed by atoms with E-state index in [-0.39, 0.29) is 29.9 Å². The first-order valence-corrected chi connectivity index (χ1v) is 8.58. The molecule has 2 rings (SSSR count). The average Bonchev–Trinajstić information content (AvgIpc) is 3.03. The molecule has 0 radical (unpaired) electrons. The summed E-state index contributed by atoms with van der Waals surface area (Å²) in [5.74, 6) is -0.182. The summed E-state index contributed by atoms with van der Waals surface area (Å²) < 4.78 is 0. The lowest BCUT2D eigenvalue weighted by molar-refractivity contribution is -0.136. The van der Waals surface area contributed by atoms with E-state index in [1.807, 2.05) is 26.0 Å². The second-order valence-electron chi connectivity index (χ2n) is 6.54. The van der Waals surface area contributed by atoms with Crippen molar-refractivity contribution < 1.29 is 14.4 Å². The number of nitrogens with one attached hydrogen (secondary N) is 3. The molecule has 1 unspecified atom stereocenters. The average molecular weight is 346 g/mol. The van der Waals surface area contributed by atoms with Gasteiger partial charge in [0.1, 0.15) is 6.04 Å². The Labute approximate surface area is 148 Å². The molecule has 3 N–H and O–H groups in total. The topological polar surface area (TPSA) is 90.5 Å². The van der Waals surface area contributed by atoms with Crippen LogP contribution in [0.4, 0.5) is 10.5 Å². The van der Waals surface area contributed by atoms with Gasteiger partial charge in [-0.2, -0.15) is 0 Å². The first-order valence-electron chi connectivity index (χ1n) is 8.58. The molecule has 25 heavy (non-hydrogen) atoms. The molecule has 136 valence electrons. The van der Waals surface area contributed by atoms with Gasteiger partial charge in [0.15, 0.2) is 0 Å². The standard InChI is InChI=1S/C18H26N4O3/c1-12(2)20-18(25)21-15-8-6-14(7-9-15)11-19-17(24)16-5-4-10-22(16)13(3)23/h6-9,12,16H,4-5,10-11H2,1-3H3,(H,19,24)(H2,20,21,25). The number of anilines is 1. The summed E-state index contributed by atoms with van der Waals surface area (Å²) in [4.78, 5) is 37.1. The number of amides is 4. The smallest absolute Gasteiger partial charge is 0.319 e. The van der Waals surface area contributed by atoms with E-state index in [2.05, 4.69) is 16.0 Å². The number of hydrogen-bond acceptors (Lipinski definition) is 3. The molecule has 0 bridgehead atoms. The van der Waals surface area contributed by atoms with Crippen molar-refractivity contribution >= 4 is 23.5 Å². The Morgan fingerprint density at radius 2 is 1.88 bits per heavy atom. The Bertz CT molecular complexity index is 628. The van der Waals surface area contributed by atoms with Crippen molar-refractivity contribution in [2.75, 3.05) is 11.9 Å². The van der Waals surface area contributed by atoms with Gasteiger partial charge < -0.3 is 20.9 Å². The molecule has 1 aliphatic rings. The summed E-state index contributed by atoms with van der Waals surface area (Å²) in [5.41, 5.74) is 1.61. The molecule has 1 heterocycles. The van der Waals surface area contributed by atoms with Crippen LogP contribution in [0.25, 0.3) is 0 Å². The fraction of sp³-hybridized carbons (Fsp3) is 0.500. The monoisotopic (exact) mass is 346 g/mol. The van der Waals surface area contributed by atoms with E-state index < -0.39 is 0 Å². The molecule has 1 aliphatic heterocycles. The van der Waals surface area contributed by atoms with Crippen LogP contribution in [0.15, 0.2) is 24.3 Å². The van der Waals surface area contributed by atoms with Crippen molar-refractivity contribution in [3.63, 3.8) is 0 Å². The molecule has 0 saturated carbocycles. The summed E-state index contributed by atoms with van der Waals surface area (Å²) in [6.07, 6.45) is 1.57. The van der Waals surface area contributed by atoms with Crippen LogP contribution in [0.5, 0.6) is 0 Å². The predicted molar refractivity (Wildman–Crippen MR) is 96.0 cm³/mol. The van der Waals surface area contributed by atoms with Crippen LogP contribution in [0.2, 0.25) is 0 Å². The highest BCUT2D eigenvalue weighted by molar-refractivity contribution is 5.89. The van der Waals surface area contributed by atoms with Gasteiger partial charge in [0.2, 0.25) is 11.8 Å². The number of carbonyl (C=O) groups is 3. The number of benzene rings is 1. The van der Waals surface area contributed by atoms with Crippen LogP contribution < -0.4 is 16.0 Å². The summed E-state index contributed by atoms with van der Waals surface area (Å²) in [5, 5.41) is 8.38. The van der Waals surface area contributed by atoms with Gasteiger partial charge in [0.25, 0.3) is 0 Å². The Morgan fingerprint density at radius 3 is 2.48 bits per heavy atom. The van der Waals surface area contributed by atoms with Crippen molar-refractivity contribution in [2.24, 2.45) is 0 Å². The Balaban J connectivity index is 1.84. The summed E-state index contributed by atoms with van der Waals surface area (Å²) >= 11 is 0. The van der Waals surface area contributed by atoms with Gasteiger partial charge in [-0.1, -0.05) is 12.1 Å². The molecular weight excluding hydrogens is 320 g/mol. The fourth-order valence-corrected chi connectivity index (χ4v) is 2.86. The Hall–Kier alpha value is -2.57. The van der Waals surface area contributed by atoms with E-state index in [0.717, 1.165) is 12.0 Å². The highest BCUT2D eigenvalue weighted by Gasteiger charge is 2.31. The first-order chi connectivity index (χ1) is 11.9. The molecule has 1 fully saturated rings. The molecule has 1 atom stereocenters. The van der Waals surface area contributed by atoms with Gasteiger partial charge >= 0.3 is 6.03 Å². The van der Waals surface area contributed by atoms with Crippen molar-refractivity contribution in [2.45, 2.75) is 52.2 Å². The molecule has 1 saturated heterocycles. The molecule has 0 spiro atoms. The number of nitrogens with zero attached hydrogens (tertiary/aromatic N) is 1. The number of carbonyl (C=O) groups excluding carboxylic acids is 3. The van der Waals surface area contributed by atoms with Crippen LogP contribution in [0.1, 0.15) is 39.2 Å². The summed E-state index contributed by atoms with van der Waals surface area (Å²) in [7, 11) is 0. The van der Waals surface area contributed by atoms with Crippen molar-refractivity contribution in [1.82, 2.24) is 15.5 Å². The van der Waals surface area contributed by atoms with Crippen LogP contribution in [0, 0.1) is 0 Å². The predicted octanol–water partition coefficient (Wildman–Crippen LogP) is 1.84. The SMILES string of the molecule is CC(=O)N1CCCC1C(=O)NCc1ccc(NC(=O)NC(C)C)cc1. The summed E-state index contributed by atoms with van der Waals surface area (Å²) in [6.45, 7) is 6.31. The molecule has 0 aromatic heterocycles. The molecule has 4 amide bonds. The molecule has 1 aromatic rings. The third kappa shape index (κ3) is 5.48. The molecular formula is C18H26N4O3. The minimum Gasteiger partial charge on any atom is -0.350 e. The van der Waals surface area contributed by atoms with Gasteiger partial charge in [-0.05, 0) is 44.4 Å². The minimum atomic E-state index is -0.363. The van der Waals surface area contributed by atoms with E-state index in [0.29, 0.717) is 25.2 Å². The van der Waals surface area contributed by atoms with Crippen molar-refractivity contribution in [3.05, 3.63) is 29.8 Å². The number of hydrogen-bond donors (Lipinski definition) is 3. The van der Waals surface area contributed by atoms with E-state index >= 15 is 0 Å². The molecule has 7 heteroatoms. The zero-order valence-corrected chi connectivity index (χ0v) is 15.0. The van der Waals surface area contributed by atoms with Gasteiger partial charge in [-0.25, -0.2) is 4.79 Å². The van der Waals surface area contributed by atoms with Crippen LogP contribution in [-0.4, -0.2) is 41.4 Å². The van der Waals surface area contributed by atoms with Gasteiger partial charge in [-0.15, -0.1) is 0 Å². The van der Waals surface area contributed by atoms with Gasteiger partial charge in [0.05, 0.1) is 0 Å². The maximum Gasteiger partial charge on any atom is 0.319 e. The number of rotatable bonds is 5. The normalized spacial score (nSPS) is 16.6. The van der Waals surface area contributed by atoms with Gasteiger partial charge in [0, 0.05) is 31.7 Å². The second-order valence-corrected chi connectivity index (χ2v) is 6.54. The molecule has 7 nitrogen and oxygen atoms in total. The lowest BCUT2D eigenvalue weighted by Crippen LogP contribution is -2.44. The third-order valence-electron chi connectivity index (χ3n) is 4.06. The van der Waals surface area contributed by atoms with Crippen molar-refractivity contribution in [1.29, 1.82) is 0 Å². The second kappa shape index (κ2) is 8.50. The van der Waals surface area contributed by atoms with E-state index in [1.165, 1.54) is 6.92 Å². The molecule has 1 aromatic carbocycles. The minimum absolute atomic E-state index is 0.0623. The lowest BCUT2D eigenvalue weighted by Gasteiger charge is -2.22. The quantitative estimate of drug-likeness (QED) is 0.760. The maximum absolute atomic E-state index is 12.3. The third-order valence-corrected chi connectivity index (χ3v) is 4.06. The fourth-order valence-electron chi connectivity index (χ4n) is 2.86. The Morgan fingerprint density at radius 1 is 1.20 bits per heavy atom. The lowest BCUT2D eigenvalue weighted by atomic mass is 10.1. The largest absolute Gasteiger partial charge is 0.350 e. The number of urea groups is 1. The van der Waals surface area contributed by atoms with Crippen molar-refractivity contribution in [3.8, 4) is 0 Å². The van der Waals surface area contributed by atoms with Gasteiger partial charge in [-0.3, -0.25) is 9.59 Å².